The maximum Gasteiger partial charge on any atom is 0.315 e. The summed E-state index contributed by atoms with van der Waals surface area (Å²) in [4.78, 5) is 15.8. The molecule has 2 N–H and O–H groups in total. The number of nitrogens with one attached hydrogen (secondary N) is 2. The fourth-order valence-electron chi connectivity index (χ4n) is 2.84. The molecule has 0 aliphatic heterocycles. The highest BCUT2D eigenvalue weighted by atomic mass is 35.5. The standard InChI is InChI=1S/C18H32ClN5O2/c1-5-22(6-2)11-9-20-16-13-15(19)14-17(18(16)24(25)26)21-10-12-23(7-3)8-4/h13-14,20-21H,5-12H2,1-4H3. The van der Waals surface area contributed by atoms with E-state index in [1.54, 1.807) is 12.1 Å². The van der Waals surface area contributed by atoms with E-state index in [-0.39, 0.29) is 10.6 Å². The summed E-state index contributed by atoms with van der Waals surface area (Å²) in [7, 11) is 0. The summed E-state index contributed by atoms with van der Waals surface area (Å²) < 4.78 is 0. The van der Waals surface area contributed by atoms with Gasteiger partial charge in [0.05, 0.1) is 4.92 Å². The molecule has 1 aromatic carbocycles. The van der Waals surface area contributed by atoms with Crippen LogP contribution in [-0.4, -0.2) is 67.1 Å². The second kappa shape index (κ2) is 11.9. The molecule has 0 heterocycles. The zero-order valence-electron chi connectivity index (χ0n) is 16.3. The normalized spacial score (nSPS) is 11.2. The predicted octanol–water partition coefficient (Wildman–Crippen LogP) is 3.76. The van der Waals surface area contributed by atoms with Gasteiger partial charge >= 0.3 is 5.69 Å². The molecule has 0 amide bonds. The molecule has 0 radical (unpaired) electrons. The van der Waals surface area contributed by atoms with Crippen LogP contribution in [0.3, 0.4) is 0 Å². The highest BCUT2D eigenvalue weighted by Gasteiger charge is 2.21. The SMILES string of the molecule is CCN(CC)CCNc1cc(Cl)cc(NCCN(CC)CC)c1[N+](=O)[O-]. The topological polar surface area (TPSA) is 73.7 Å². The maximum absolute atomic E-state index is 11.6. The minimum absolute atomic E-state index is 0.0495. The van der Waals surface area contributed by atoms with Crippen LogP contribution < -0.4 is 10.6 Å². The lowest BCUT2D eigenvalue weighted by atomic mass is 10.2. The van der Waals surface area contributed by atoms with Gasteiger partial charge in [0.1, 0.15) is 11.4 Å². The first-order chi connectivity index (χ1) is 12.5. The third-order valence-corrected chi connectivity index (χ3v) is 4.75. The van der Waals surface area contributed by atoms with Gasteiger partial charge in [-0.2, -0.15) is 0 Å². The van der Waals surface area contributed by atoms with Gasteiger partial charge < -0.3 is 20.4 Å². The molecule has 0 unspecified atom stereocenters. The number of hydrogen-bond acceptors (Lipinski definition) is 6. The Hall–Kier alpha value is -1.57. The van der Waals surface area contributed by atoms with Crippen molar-refractivity contribution in [3.63, 3.8) is 0 Å². The van der Waals surface area contributed by atoms with E-state index >= 15 is 0 Å². The van der Waals surface area contributed by atoms with Crippen molar-refractivity contribution in [2.24, 2.45) is 0 Å². The van der Waals surface area contributed by atoms with Gasteiger partial charge in [-0.05, 0) is 38.3 Å². The summed E-state index contributed by atoms with van der Waals surface area (Å²) >= 11 is 6.20. The van der Waals surface area contributed by atoms with Gasteiger partial charge in [-0.1, -0.05) is 39.3 Å². The zero-order chi connectivity index (χ0) is 19.5. The smallest absolute Gasteiger partial charge is 0.315 e. The number of nitrogens with zero attached hydrogens (tertiary/aromatic N) is 3. The van der Waals surface area contributed by atoms with E-state index in [1.165, 1.54) is 0 Å². The molecular weight excluding hydrogens is 354 g/mol. The van der Waals surface area contributed by atoms with Gasteiger partial charge in [0.15, 0.2) is 0 Å². The molecule has 148 valence electrons. The summed E-state index contributed by atoms with van der Waals surface area (Å²) in [6, 6.07) is 3.25. The molecule has 0 aliphatic rings. The summed E-state index contributed by atoms with van der Waals surface area (Å²) in [5, 5.41) is 18.5. The Morgan fingerprint density at radius 3 is 1.62 bits per heavy atom. The lowest BCUT2D eigenvalue weighted by Crippen LogP contribution is -2.29. The first-order valence-electron chi connectivity index (χ1n) is 9.37. The van der Waals surface area contributed by atoms with E-state index < -0.39 is 0 Å². The first-order valence-corrected chi connectivity index (χ1v) is 9.74. The molecule has 1 aromatic rings. The maximum atomic E-state index is 11.6. The second-order valence-corrected chi connectivity index (χ2v) is 6.45. The average Bonchev–Trinajstić information content (AvgIpc) is 2.61. The second-order valence-electron chi connectivity index (χ2n) is 6.01. The number of rotatable bonds is 13. The molecule has 0 fully saturated rings. The van der Waals surface area contributed by atoms with Gasteiger partial charge in [0.25, 0.3) is 0 Å². The van der Waals surface area contributed by atoms with Crippen molar-refractivity contribution in [1.29, 1.82) is 0 Å². The van der Waals surface area contributed by atoms with Crippen molar-refractivity contribution in [3.05, 3.63) is 27.3 Å². The predicted molar refractivity (Wildman–Crippen MR) is 111 cm³/mol. The number of halogens is 1. The van der Waals surface area contributed by atoms with Crippen molar-refractivity contribution in [3.8, 4) is 0 Å². The Balaban J connectivity index is 2.87. The van der Waals surface area contributed by atoms with Crippen LogP contribution in [0.4, 0.5) is 17.1 Å². The number of anilines is 2. The van der Waals surface area contributed by atoms with E-state index in [4.69, 9.17) is 11.6 Å². The van der Waals surface area contributed by atoms with E-state index in [0.717, 1.165) is 39.3 Å². The van der Waals surface area contributed by atoms with Crippen LogP contribution >= 0.6 is 11.6 Å². The molecule has 8 heteroatoms. The number of likely N-dealkylation sites (N-methyl/N-ethyl adjacent to an activating group) is 2. The Morgan fingerprint density at radius 1 is 0.923 bits per heavy atom. The van der Waals surface area contributed by atoms with Crippen LogP contribution in [0.25, 0.3) is 0 Å². The van der Waals surface area contributed by atoms with Gasteiger partial charge in [0.2, 0.25) is 0 Å². The number of hydrogen-bond donors (Lipinski definition) is 2. The summed E-state index contributed by atoms with van der Waals surface area (Å²) in [6.45, 7) is 15.1. The molecule has 1 rings (SSSR count). The fourth-order valence-corrected chi connectivity index (χ4v) is 3.06. The highest BCUT2D eigenvalue weighted by molar-refractivity contribution is 6.31. The third kappa shape index (κ3) is 6.97. The van der Waals surface area contributed by atoms with Crippen LogP contribution in [-0.2, 0) is 0 Å². The van der Waals surface area contributed by atoms with Gasteiger partial charge in [-0.25, -0.2) is 0 Å². The van der Waals surface area contributed by atoms with E-state index in [0.29, 0.717) is 29.5 Å². The third-order valence-electron chi connectivity index (χ3n) is 4.53. The van der Waals surface area contributed by atoms with Gasteiger partial charge in [0, 0.05) is 31.2 Å². The zero-order valence-corrected chi connectivity index (χ0v) is 17.1. The lowest BCUT2D eigenvalue weighted by Gasteiger charge is -2.20. The molecular formula is C18H32ClN5O2. The Morgan fingerprint density at radius 2 is 1.31 bits per heavy atom. The fraction of sp³-hybridized carbons (Fsp3) is 0.667. The Bertz CT molecular complexity index is 524. The van der Waals surface area contributed by atoms with Gasteiger partial charge in [-0.15, -0.1) is 0 Å². The quantitative estimate of drug-likeness (QED) is 0.398. The Kier molecular flexibility index (Phi) is 10.3. The molecule has 0 atom stereocenters. The minimum Gasteiger partial charge on any atom is -0.378 e. The van der Waals surface area contributed by atoms with Crippen LogP contribution in [0.5, 0.6) is 0 Å². The molecule has 0 saturated carbocycles. The summed E-state index contributed by atoms with van der Waals surface area (Å²) in [5.74, 6) is 0. The van der Waals surface area contributed by atoms with Crippen LogP contribution in [0, 0.1) is 10.1 Å². The number of nitro groups is 1. The van der Waals surface area contributed by atoms with Crippen molar-refractivity contribution in [1.82, 2.24) is 9.80 Å². The number of benzene rings is 1. The molecule has 0 aliphatic carbocycles. The average molecular weight is 386 g/mol. The largest absolute Gasteiger partial charge is 0.378 e. The Labute approximate surface area is 161 Å². The van der Waals surface area contributed by atoms with Gasteiger partial charge in [-0.3, -0.25) is 10.1 Å². The van der Waals surface area contributed by atoms with E-state index in [2.05, 4.69) is 48.1 Å². The van der Waals surface area contributed by atoms with Crippen LogP contribution in [0.1, 0.15) is 27.7 Å². The van der Waals surface area contributed by atoms with Crippen molar-refractivity contribution in [2.75, 3.05) is 63.0 Å². The molecule has 0 aromatic heterocycles. The van der Waals surface area contributed by atoms with Crippen molar-refractivity contribution < 1.29 is 4.92 Å². The molecule has 26 heavy (non-hydrogen) atoms. The lowest BCUT2D eigenvalue weighted by molar-refractivity contribution is -0.383. The molecule has 0 saturated heterocycles. The molecule has 0 bridgehead atoms. The highest BCUT2D eigenvalue weighted by Crippen LogP contribution is 2.36. The molecule has 7 nitrogen and oxygen atoms in total. The van der Waals surface area contributed by atoms with E-state index in [9.17, 15) is 10.1 Å². The van der Waals surface area contributed by atoms with Crippen LogP contribution in [0.2, 0.25) is 5.02 Å². The van der Waals surface area contributed by atoms with E-state index in [1.807, 2.05) is 0 Å². The minimum atomic E-state index is -0.351. The van der Waals surface area contributed by atoms with Crippen molar-refractivity contribution >= 4 is 28.7 Å². The summed E-state index contributed by atoms with van der Waals surface area (Å²) in [6.07, 6.45) is 0. The summed E-state index contributed by atoms with van der Waals surface area (Å²) in [5.41, 5.74) is 0.966. The monoisotopic (exact) mass is 385 g/mol. The molecule has 0 spiro atoms. The number of nitro benzene ring substituents is 1. The van der Waals surface area contributed by atoms with Crippen LogP contribution in [0.15, 0.2) is 12.1 Å². The first kappa shape index (κ1) is 22.5. The van der Waals surface area contributed by atoms with Crippen molar-refractivity contribution in [2.45, 2.75) is 27.7 Å².